The average molecular weight is 373 g/mol. The first-order chi connectivity index (χ1) is 13.5. The lowest BCUT2D eigenvalue weighted by Crippen LogP contribution is -2.28. The van der Waals surface area contributed by atoms with Crippen LogP contribution in [0.3, 0.4) is 0 Å². The van der Waals surface area contributed by atoms with E-state index < -0.39 is 0 Å². The predicted molar refractivity (Wildman–Crippen MR) is 113 cm³/mol. The Labute approximate surface area is 162 Å². The van der Waals surface area contributed by atoms with Crippen LogP contribution in [-0.4, -0.2) is 22.4 Å². The molecule has 0 saturated carbocycles. The van der Waals surface area contributed by atoms with Gasteiger partial charge in [0.2, 0.25) is 5.91 Å². The Kier molecular flexibility index (Phi) is 4.74. The van der Waals surface area contributed by atoms with Crippen molar-refractivity contribution in [2.75, 3.05) is 6.54 Å². The van der Waals surface area contributed by atoms with Crippen molar-refractivity contribution in [3.8, 4) is 0 Å². The van der Waals surface area contributed by atoms with Crippen molar-refractivity contribution in [2.45, 2.75) is 26.7 Å². The zero-order valence-electron chi connectivity index (χ0n) is 16.1. The first-order valence-corrected chi connectivity index (χ1v) is 9.47. The number of carbonyl (C=O) groups is 1. The number of carbonyl (C=O) groups excluding carboxylic acids is 1. The topological polar surface area (TPSA) is 77.8 Å². The number of fused-ring (bicyclic) bond motifs is 2. The molecule has 0 fully saturated rings. The van der Waals surface area contributed by atoms with Crippen molar-refractivity contribution in [3.63, 3.8) is 0 Å². The number of hydrogen-bond acceptors (Lipinski definition) is 2. The second-order valence-electron chi connectivity index (χ2n) is 7.23. The van der Waals surface area contributed by atoms with Crippen LogP contribution >= 0.6 is 0 Å². The van der Waals surface area contributed by atoms with Crippen molar-refractivity contribution < 1.29 is 4.79 Å². The fourth-order valence-corrected chi connectivity index (χ4v) is 3.61. The molecule has 0 aliphatic heterocycles. The number of para-hydroxylation sites is 1. The van der Waals surface area contributed by atoms with E-state index in [4.69, 9.17) is 0 Å². The van der Waals surface area contributed by atoms with E-state index >= 15 is 0 Å². The minimum Gasteiger partial charge on any atom is -0.361 e. The van der Waals surface area contributed by atoms with Gasteiger partial charge in [-0.15, -0.1) is 0 Å². The van der Waals surface area contributed by atoms with Gasteiger partial charge >= 0.3 is 0 Å². The summed E-state index contributed by atoms with van der Waals surface area (Å²) in [4.78, 5) is 30.9. The van der Waals surface area contributed by atoms with Gasteiger partial charge in [0.1, 0.15) is 0 Å². The fraction of sp³-hybridized carbons (Fsp3) is 0.217. The van der Waals surface area contributed by atoms with Gasteiger partial charge in [0.15, 0.2) is 0 Å². The summed E-state index contributed by atoms with van der Waals surface area (Å²) in [6.07, 6.45) is 2.69. The van der Waals surface area contributed by atoms with Crippen molar-refractivity contribution in [2.24, 2.45) is 0 Å². The SMILES string of the molecule is Cc1ccc2cc(CCNC(=O)Cc3c[nH]c4ccccc34)c(=O)[nH]c2c1C. The number of rotatable bonds is 5. The summed E-state index contributed by atoms with van der Waals surface area (Å²) in [6, 6.07) is 13.9. The minimum absolute atomic E-state index is 0.0477. The van der Waals surface area contributed by atoms with Gasteiger partial charge in [-0.05, 0) is 54.5 Å². The molecule has 142 valence electrons. The molecule has 0 radical (unpaired) electrons. The third kappa shape index (κ3) is 3.43. The zero-order valence-corrected chi connectivity index (χ0v) is 16.1. The largest absolute Gasteiger partial charge is 0.361 e. The molecule has 0 unspecified atom stereocenters. The van der Waals surface area contributed by atoms with Gasteiger partial charge in [-0.1, -0.05) is 30.3 Å². The standard InChI is InChI=1S/C23H23N3O2/c1-14-7-8-16-11-17(23(28)26-22(16)15(14)2)9-10-24-21(27)12-18-13-25-20-6-4-3-5-19(18)20/h3-8,11,13,25H,9-10,12H2,1-2H3,(H,24,27)(H,26,28). The second-order valence-corrected chi connectivity index (χ2v) is 7.23. The molecule has 4 rings (SSSR count). The van der Waals surface area contributed by atoms with E-state index in [0.29, 0.717) is 24.9 Å². The summed E-state index contributed by atoms with van der Waals surface area (Å²) in [6.45, 7) is 4.48. The van der Waals surface area contributed by atoms with Gasteiger partial charge in [-0.25, -0.2) is 0 Å². The Bertz CT molecular complexity index is 1230. The van der Waals surface area contributed by atoms with E-state index in [2.05, 4.69) is 21.4 Å². The molecule has 2 heterocycles. The first kappa shape index (κ1) is 18.0. The smallest absolute Gasteiger partial charge is 0.251 e. The van der Waals surface area contributed by atoms with Crippen molar-refractivity contribution >= 4 is 27.7 Å². The molecule has 5 heteroatoms. The third-order valence-electron chi connectivity index (χ3n) is 5.37. The number of aromatic nitrogens is 2. The zero-order chi connectivity index (χ0) is 19.7. The highest BCUT2D eigenvalue weighted by Crippen LogP contribution is 2.19. The molecule has 3 N–H and O–H groups in total. The number of aryl methyl sites for hydroxylation is 2. The summed E-state index contributed by atoms with van der Waals surface area (Å²) in [5.41, 5.74) is 5.72. The Morgan fingerprint density at radius 1 is 1.07 bits per heavy atom. The molecule has 1 amide bonds. The van der Waals surface area contributed by atoms with E-state index in [1.165, 1.54) is 0 Å². The van der Waals surface area contributed by atoms with Crippen LogP contribution in [0.15, 0.2) is 53.5 Å². The highest BCUT2D eigenvalue weighted by molar-refractivity contribution is 5.89. The van der Waals surface area contributed by atoms with E-state index in [0.717, 1.165) is 38.5 Å². The number of aromatic amines is 2. The summed E-state index contributed by atoms with van der Waals surface area (Å²) in [7, 11) is 0. The van der Waals surface area contributed by atoms with E-state index in [9.17, 15) is 9.59 Å². The summed E-state index contributed by atoms with van der Waals surface area (Å²) >= 11 is 0. The Morgan fingerprint density at radius 2 is 1.89 bits per heavy atom. The maximum Gasteiger partial charge on any atom is 0.251 e. The van der Waals surface area contributed by atoms with Gasteiger partial charge in [-0.2, -0.15) is 0 Å². The molecule has 2 aromatic carbocycles. The van der Waals surface area contributed by atoms with Crippen LogP contribution in [0, 0.1) is 13.8 Å². The van der Waals surface area contributed by atoms with Crippen molar-refractivity contribution in [1.82, 2.24) is 15.3 Å². The molecule has 0 aliphatic carbocycles. The van der Waals surface area contributed by atoms with E-state index in [1.54, 1.807) is 0 Å². The van der Waals surface area contributed by atoms with Gasteiger partial charge in [-0.3, -0.25) is 9.59 Å². The number of amides is 1. The van der Waals surface area contributed by atoms with E-state index in [1.807, 2.05) is 56.4 Å². The maximum atomic E-state index is 12.4. The minimum atomic E-state index is -0.0907. The molecule has 0 spiro atoms. The molecule has 2 aromatic heterocycles. The van der Waals surface area contributed by atoms with Crippen LogP contribution in [0.2, 0.25) is 0 Å². The molecule has 28 heavy (non-hydrogen) atoms. The normalized spacial score (nSPS) is 11.2. The maximum absolute atomic E-state index is 12.4. The highest BCUT2D eigenvalue weighted by atomic mass is 16.1. The van der Waals surface area contributed by atoms with Crippen LogP contribution in [0.4, 0.5) is 0 Å². The monoisotopic (exact) mass is 373 g/mol. The van der Waals surface area contributed by atoms with Crippen molar-refractivity contribution in [3.05, 3.63) is 81.3 Å². The van der Waals surface area contributed by atoms with Gasteiger partial charge in [0.05, 0.1) is 11.9 Å². The van der Waals surface area contributed by atoms with Gasteiger partial charge < -0.3 is 15.3 Å². The molecule has 0 bridgehead atoms. The Morgan fingerprint density at radius 3 is 2.75 bits per heavy atom. The average Bonchev–Trinajstić information content (AvgIpc) is 3.09. The Balaban J connectivity index is 1.42. The quantitative estimate of drug-likeness (QED) is 0.500. The molecular formula is C23H23N3O2. The molecule has 5 nitrogen and oxygen atoms in total. The number of H-pyrrole nitrogens is 2. The number of pyridine rings is 1. The number of hydrogen-bond donors (Lipinski definition) is 3. The lowest BCUT2D eigenvalue weighted by Gasteiger charge is -2.08. The molecule has 4 aromatic rings. The molecule has 0 atom stereocenters. The Hall–Kier alpha value is -3.34. The number of benzene rings is 2. The van der Waals surface area contributed by atoms with Gasteiger partial charge in [0.25, 0.3) is 5.56 Å². The van der Waals surface area contributed by atoms with Crippen molar-refractivity contribution in [1.29, 1.82) is 0 Å². The summed E-state index contributed by atoms with van der Waals surface area (Å²) in [5.74, 6) is -0.0477. The number of nitrogens with one attached hydrogen (secondary N) is 3. The van der Waals surface area contributed by atoms with Crippen LogP contribution in [0.5, 0.6) is 0 Å². The predicted octanol–water partition coefficient (Wildman–Crippen LogP) is 3.53. The highest BCUT2D eigenvalue weighted by Gasteiger charge is 2.10. The van der Waals surface area contributed by atoms with Gasteiger partial charge in [0, 0.05) is 29.2 Å². The van der Waals surface area contributed by atoms with E-state index in [-0.39, 0.29) is 11.5 Å². The molecule has 0 saturated heterocycles. The fourth-order valence-electron chi connectivity index (χ4n) is 3.61. The van der Waals surface area contributed by atoms with Crippen LogP contribution in [0.1, 0.15) is 22.3 Å². The summed E-state index contributed by atoms with van der Waals surface area (Å²) in [5, 5.41) is 5.00. The second kappa shape index (κ2) is 7.35. The van der Waals surface area contributed by atoms with Crippen LogP contribution in [0.25, 0.3) is 21.8 Å². The third-order valence-corrected chi connectivity index (χ3v) is 5.37. The lowest BCUT2D eigenvalue weighted by atomic mass is 10.0. The summed E-state index contributed by atoms with van der Waals surface area (Å²) < 4.78 is 0. The lowest BCUT2D eigenvalue weighted by molar-refractivity contribution is -0.120. The molecule has 0 aliphatic rings. The first-order valence-electron chi connectivity index (χ1n) is 9.47. The molecular weight excluding hydrogens is 350 g/mol. The van der Waals surface area contributed by atoms with Crippen LogP contribution in [-0.2, 0) is 17.6 Å². The van der Waals surface area contributed by atoms with Crippen LogP contribution < -0.4 is 10.9 Å².